The number of hydrogen-bond acceptors (Lipinski definition) is 5. The van der Waals surface area contributed by atoms with Crippen molar-refractivity contribution in [2.24, 2.45) is 5.92 Å². The van der Waals surface area contributed by atoms with E-state index in [4.69, 9.17) is 9.47 Å². The van der Waals surface area contributed by atoms with Gasteiger partial charge in [0.1, 0.15) is 0 Å². The number of fused-ring (bicyclic) bond motifs is 1. The molecular weight excluding hydrogens is 394 g/mol. The summed E-state index contributed by atoms with van der Waals surface area (Å²) in [5.41, 5.74) is 2.26. The third-order valence-corrected chi connectivity index (χ3v) is 6.48. The molecule has 1 aliphatic carbocycles. The van der Waals surface area contributed by atoms with Gasteiger partial charge in [0.05, 0.1) is 20.8 Å². The van der Waals surface area contributed by atoms with Crippen molar-refractivity contribution in [3.63, 3.8) is 0 Å². The predicted octanol–water partition coefficient (Wildman–Crippen LogP) is 2.56. The Morgan fingerprint density at radius 3 is 2.26 bits per heavy atom. The van der Waals surface area contributed by atoms with Gasteiger partial charge >= 0.3 is 0 Å². The molecule has 2 aliphatic rings. The highest BCUT2D eigenvalue weighted by molar-refractivity contribution is 5.86. The second-order valence-corrected chi connectivity index (χ2v) is 8.94. The van der Waals surface area contributed by atoms with Gasteiger partial charge in [0.15, 0.2) is 11.5 Å². The SMILES string of the molecule is COc1cc2c(cc1OC)CN(C(=O)CN(CCN(C)C)C(=O)C1CCCCC1)CC2. The molecule has 1 aromatic carbocycles. The molecule has 1 aromatic rings. The number of hydrogen-bond donors (Lipinski definition) is 0. The summed E-state index contributed by atoms with van der Waals surface area (Å²) in [6, 6.07) is 3.97. The normalized spacial score (nSPS) is 16.7. The monoisotopic (exact) mass is 431 g/mol. The molecule has 2 amide bonds. The molecule has 1 heterocycles. The van der Waals surface area contributed by atoms with Crippen LogP contribution in [-0.2, 0) is 22.6 Å². The molecule has 31 heavy (non-hydrogen) atoms. The van der Waals surface area contributed by atoms with E-state index in [9.17, 15) is 9.59 Å². The molecule has 0 unspecified atom stereocenters. The molecule has 0 aromatic heterocycles. The topological polar surface area (TPSA) is 62.3 Å². The fourth-order valence-corrected chi connectivity index (χ4v) is 4.55. The molecular formula is C24H37N3O4. The van der Waals surface area contributed by atoms with Gasteiger partial charge in [0.25, 0.3) is 0 Å². The Morgan fingerprint density at radius 1 is 1.00 bits per heavy atom. The summed E-state index contributed by atoms with van der Waals surface area (Å²) < 4.78 is 10.8. The number of methoxy groups -OCH3 is 2. The number of benzene rings is 1. The number of nitrogens with zero attached hydrogens (tertiary/aromatic N) is 3. The van der Waals surface area contributed by atoms with Crippen molar-refractivity contribution in [2.75, 3.05) is 54.5 Å². The zero-order valence-electron chi connectivity index (χ0n) is 19.5. The number of ether oxygens (including phenoxy) is 2. The maximum atomic E-state index is 13.2. The first-order chi connectivity index (χ1) is 14.9. The van der Waals surface area contributed by atoms with Crippen molar-refractivity contribution < 1.29 is 19.1 Å². The van der Waals surface area contributed by atoms with Gasteiger partial charge in [0.2, 0.25) is 11.8 Å². The zero-order valence-corrected chi connectivity index (χ0v) is 19.5. The second kappa shape index (κ2) is 10.8. The first kappa shape index (κ1) is 23.4. The molecule has 0 spiro atoms. The molecule has 0 N–H and O–H groups in total. The number of amides is 2. The summed E-state index contributed by atoms with van der Waals surface area (Å²) in [7, 11) is 7.24. The van der Waals surface area contributed by atoms with Gasteiger partial charge in [-0.25, -0.2) is 0 Å². The lowest BCUT2D eigenvalue weighted by Gasteiger charge is -2.34. The molecule has 1 saturated carbocycles. The second-order valence-electron chi connectivity index (χ2n) is 8.94. The van der Waals surface area contributed by atoms with Crippen LogP contribution in [0.25, 0.3) is 0 Å². The van der Waals surface area contributed by atoms with E-state index in [2.05, 4.69) is 4.90 Å². The highest BCUT2D eigenvalue weighted by atomic mass is 16.5. The van der Waals surface area contributed by atoms with Crippen molar-refractivity contribution in [2.45, 2.75) is 45.1 Å². The van der Waals surface area contributed by atoms with Gasteiger partial charge in [-0.2, -0.15) is 0 Å². The minimum Gasteiger partial charge on any atom is -0.493 e. The highest BCUT2D eigenvalue weighted by Gasteiger charge is 2.30. The van der Waals surface area contributed by atoms with Crippen LogP contribution in [0.5, 0.6) is 11.5 Å². The number of carbonyl (C=O) groups is 2. The van der Waals surface area contributed by atoms with Crippen LogP contribution in [0.3, 0.4) is 0 Å². The van der Waals surface area contributed by atoms with Crippen molar-refractivity contribution in [3.8, 4) is 11.5 Å². The number of carbonyl (C=O) groups excluding carboxylic acids is 2. The van der Waals surface area contributed by atoms with Gasteiger partial charge < -0.3 is 24.2 Å². The van der Waals surface area contributed by atoms with Gasteiger partial charge in [-0.3, -0.25) is 9.59 Å². The zero-order chi connectivity index (χ0) is 22.4. The Labute approximate surface area is 186 Å². The van der Waals surface area contributed by atoms with Crippen LogP contribution >= 0.6 is 0 Å². The van der Waals surface area contributed by atoms with Crippen molar-refractivity contribution >= 4 is 11.8 Å². The molecule has 0 atom stereocenters. The third kappa shape index (κ3) is 5.91. The average Bonchev–Trinajstić information content (AvgIpc) is 2.80. The summed E-state index contributed by atoms with van der Waals surface area (Å²) in [5.74, 6) is 1.63. The van der Waals surface area contributed by atoms with E-state index in [-0.39, 0.29) is 24.3 Å². The molecule has 7 nitrogen and oxygen atoms in total. The van der Waals surface area contributed by atoms with E-state index in [0.717, 1.165) is 44.2 Å². The summed E-state index contributed by atoms with van der Waals surface area (Å²) in [6.45, 7) is 2.69. The number of likely N-dealkylation sites (N-methyl/N-ethyl adjacent to an activating group) is 1. The van der Waals surface area contributed by atoms with Crippen LogP contribution in [0.15, 0.2) is 12.1 Å². The molecule has 0 bridgehead atoms. The van der Waals surface area contributed by atoms with Gasteiger partial charge in [-0.1, -0.05) is 19.3 Å². The van der Waals surface area contributed by atoms with Crippen molar-refractivity contribution in [1.29, 1.82) is 0 Å². The Balaban J connectivity index is 1.69. The molecule has 7 heteroatoms. The Kier molecular flexibility index (Phi) is 8.18. The quantitative estimate of drug-likeness (QED) is 0.633. The molecule has 0 radical (unpaired) electrons. The highest BCUT2D eigenvalue weighted by Crippen LogP contribution is 2.33. The fraction of sp³-hybridized carbons (Fsp3) is 0.667. The lowest BCUT2D eigenvalue weighted by Crippen LogP contribution is -2.48. The third-order valence-electron chi connectivity index (χ3n) is 6.48. The van der Waals surface area contributed by atoms with E-state index >= 15 is 0 Å². The van der Waals surface area contributed by atoms with E-state index in [1.807, 2.05) is 31.1 Å². The standard InChI is InChI=1S/C24H37N3O4/c1-25(2)12-13-27(24(29)18-8-6-5-7-9-18)17-23(28)26-11-10-19-14-21(30-3)22(31-4)15-20(19)16-26/h14-15,18H,5-13,16-17H2,1-4H3. The van der Waals surface area contributed by atoms with Crippen LogP contribution in [0, 0.1) is 5.92 Å². The summed E-state index contributed by atoms with van der Waals surface area (Å²) in [4.78, 5) is 32.1. The minimum atomic E-state index is 0.0170. The lowest BCUT2D eigenvalue weighted by atomic mass is 9.88. The van der Waals surface area contributed by atoms with Crippen molar-refractivity contribution in [3.05, 3.63) is 23.3 Å². The van der Waals surface area contributed by atoms with E-state index < -0.39 is 0 Å². The summed E-state index contributed by atoms with van der Waals surface area (Å²) in [5, 5.41) is 0. The molecule has 0 saturated heterocycles. The summed E-state index contributed by atoms with van der Waals surface area (Å²) >= 11 is 0. The first-order valence-corrected chi connectivity index (χ1v) is 11.4. The smallest absolute Gasteiger partial charge is 0.242 e. The van der Waals surface area contributed by atoms with Crippen LogP contribution in [-0.4, -0.2) is 81.0 Å². The van der Waals surface area contributed by atoms with E-state index in [1.165, 1.54) is 12.0 Å². The molecule has 172 valence electrons. The van der Waals surface area contributed by atoms with Gasteiger partial charge in [-0.15, -0.1) is 0 Å². The minimum absolute atomic E-state index is 0.0170. The fourth-order valence-electron chi connectivity index (χ4n) is 4.55. The maximum absolute atomic E-state index is 13.2. The van der Waals surface area contributed by atoms with Gasteiger partial charge in [0, 0.05) is 32.1 Å². The Hall–Kier alpha value is -2.28. The van der Waals surface area contributed by atoms with Crippen LogP contribution in [0.1, 0.15) is 43.2 Å². The maximum Gasteiger partial charge on any atom is 0.242 e. The number of rotatable bonds is 8. The lowest BCUT2D eigenvalue weighted by molar-refractivity contribution is -0.144. The Morgan fingerprint density at radius 2 is 1.65 bits per heavy atom. The van der Waals surface area contributed by atoms with Crippen LogP contribution < -0.4 is 9.47 Å². The summed E-state index contributed by atoms with van der Waals surface area (Å²) in [6.07, 6.45) is 6.10. The molecule has 3 rings (SSSR count). The van der Waals surface area contributed by atoms with Crippen molar-refractivity contribution in [1.82, 2.24) is 14.7 Å². The van der Waals surface area contributed by atoms with E-state index in [1.54, 1.807) is 19.1 Å². The molecule has 1 aliphatic heterocycles. The van der Waals surface area contributed by atoms with Crippen LogP contribution in [0.2, 0.25) is 0 Å². The average molecular weight is 432 g/mol. The first-order valence-electron chi connectivity index (χ1n) is 11.4. The van der Waals surface area contributed by atoms with Crippen LogP contribution in [0.4, 0.5) is 0 Å². The largest absolute Gasteiger partial charge is 0.493 e. The van der Waals surface area contributed by atoms with E-state index in [0.29, 0.717) is 31.1 Å². The molecule has 1 fully saturated rings. The Bertz CT molecular complexity index is 774. The predicted molar refractivity (Wildman–Crippen MR) is 120 cm³/mol. The van der Waals surface area contributed by atoms with Gasteiger partial charge in [-0.05, 0) is 56.6 Å².